The quantitative estimate of drug-likeness (QED) is 0.668. The molecule has 2 N–H and O–H groups in total. The molecule has 0 amide bonds. The first kappa shape index (κ1) is 11.9. The molecule has 0 aromatic rings. The van der Waals surface area contributed by atoms with Crippen LogP contribution >= 0.6 is 0 Å². The van der Waals surface area contributed by atoms with Crippen molar-refractivity contribution in [3.63, 3.8) is 0 Å². The van der Waals surface area contributed by atoms with Crippen LogP contribution in [-0.4, -0.2) is 18.8 Å². The number of nitrogens with two attached hydrogens (primary N) is 1. The lowest BCUT2D eigenvalue weighted by Crippen LogP contribution is -2.40. The van der Waals surface area contributed by atoms with Crippen LogP contribution in [0.25, 0.3) is 0 Å². The summed E-state index contributed by atoms with van der Waals surface area (Å²) in [6.45, 7) is 10.0. The van der Waals surface area contributed by atoms with Gasteiger partial charge in [0, 0.05) is 12.1 Å². The van der Waals surface area contributed by atoms with E-state index < -0.39 is 0 Å². The zero-order chi connectivity index (χ0) is 9.61. The highest BCUT2D eigenvalue weighted by Crippen LogP contribution is 2.07. The lowest BCUT2D eigenvalue weighted by atomic mass is 10.0. The highest BCUT2D eigenvalue weighted by atomic mass is 16.5. The molecule has 0 radical (unpaired) electrons. The van der Waals surface area contributed by atoms with Crippen molar-refractivity contribution in [3.8, 4) is 0 Å². The van der Waals surface area contributed by atoms with Gasteiger partial charge in [-0.25, -0.2) is 0 Å². The highest BCUT2D eigenvalue weighted by molar-refractivity contribution is 4.75. The monoisotopic (exact) mass is 173 g/mol. The molecule has 0 fully saturated rings. The first-order valence-electron chi connectivity index (χ1n) is 4.88. The van der Waals surface area contributed by atoms with E-state index in [-0.39, 0.29) is 5.54 Å². The van der Waals surface area contributed by atoms with Gasteiger partial charge >= 0.3 is 0 Å². The summed E-state index contributed by atoms with van der Waals surface area (Å²) in [5.41, 5.74) is 5.77. The summed E-state index contributed by atoms with van der Waals surface area (Å²) in [7, 11) is 0. The molecule has 0 spiro atoms. The van der Waals surface area contributed by atoms with Crippen LogP contribution in [0.4, 0.5) is 0 Å². The summed E-state index contributed by atoms with van der Waals surface area (Å²) in [6, 6.07) is 0. The minimum atomic E-state index is -0.145. The third-order valence-corrected chi connectivity index (χ3v) is 2.34. The summed E-state index contributed by atoms with van der Waals surface area (Å²) in [4.78, 5) is 0. The average Bonchev–Trinajstić information content (AvgIpc) is 2.04. The summed E-state index contributed by atoms with van der Waals surface area (Å²) < 4.78 is 5.52. The van der Waals surface area contributed by atoms with Crippen LogP contribution < -0.4 is 5.73 Å². The summed E-state index contributed by atoms with van der Waals surface area (Å²) >= 11 is 0. The van der Waals surface area contributed by atoms with E-state index in [0.29, 0.717) is 12.5 Å². The van der Waals surface area contributed by atoms with Crippen molar-refractivity contribution in [2.75, 3.05) is 13.2 Å². The van der Waals surface area contributed by atoms with Gasteiger partial charge in [0.05, 0.1) is 6.61 Å². The molecule has 0 aromatic heterocycles. The van der Waals surface area contributed by atoms with Crippen LogP contribution in [-0.2, 0) is 4.74 Å². The van der Waals surface area contributed by atoms with E-state index in [1.807, 2.05) is 6.92 Å². The predicted octanol–water partition coefficient (Wildman–Crippen LogP) is 2.18. The molecule has 0 bridgehead atoms. The van der Waals surface area contributed by atoms with Gasteiger partial charge in [-0.3, -0.25) is 0 Å². The molecule has 12 heavy (non-hydrogen) atoms. The molecule has 2 atom stereocenters. The van der Waals surface area contributed by atoms with Crippen molar-refractivity contribution in [2.45, 2.75) is 46.1 Å². The van der Waals surface area contributed by atoms with Gasteiger partial charge in [0.15, 0.2) is 0 Å². The molecule has 0 aliphatic rings. The second-order valence-electron chi connectivity index (χ2n) is 4.04. The summed E-state index contributed by atoms with van der Waals surface area (Å²) in [6.07, 6.45) is 2.14. The van der Waals surface area contributed by atoms with E-state index in [1.54, 1.807) is 0 Å². The Morgan fingerprint density at radius 3 is 2.42 bits per heavy atom. The molecule has 0 saturated heterocycles. The second-order valence-corrected chi connectivity index (χ2v) is 4.04. The van der Waals surface area contributed by atoms with Gasteiger partial charge < -0.3 is 10.5 Å². The fourth-order valence-electron chi connectivity index (χ4n) is 0.713. The number of hydrogen-bond donors (Lipinski definition) is 1. The maximum absolute atomic E-state index is 5.92. The van der Waals surface area contributed by atoms with Crippen LogP contribution in [0.15, 0.2) is 0 Å². The van der Waals surface area contributed by atoms with Crippen molar-refractivity contribution >= 4 is 0 Å². The highest BCUT2D eigenvalue weighted by Gasteiger charge is 2.15. The van der Waals surface area contributed by atoms with Gasteiger partial charge in [-0.05, 0) is 19.3 Å². The molecule has 0 rings (SSSR count). The van der Waals surface area contributed by atoms with Gasteiger partial charge in [-0.2, -0.15) is 0 Å². The SMILES string of the molecule is CCC(C)COCC(C)(N)CC. The predicted molar refractivity (Wildman–Crippen MR) is 53.2 cm³/mol. The van der Waals surface area contributed by atoms with Crippen LogP contribution in [0.2, 0.25) is 0 Å². The van der Waals surface area contributed by atoms with Crippen LogP contribution in [0, 0.1) is 5.92 Å². The van der Waals surface area contributed by atoms with Crippen molar-refractivity contribution in [1.82, 2.24) is 0 Å². The zero-order valence-electron chi connectivity index (χ0n) is 8.89. The summed E-state index contributed by atoms with van der Waals surface area (Å²) in [5.74, 6) is 0.651. The van der Waals surface area contributed by atoms with E-state index in [0.717, 1.165) is 13.0 Å². The molecular formula is C10H23NO. The molecule has 0 saturated carbocycles. The van der Waals surface area contributed by atoms with E-state index in [1.165, 1.54) is 6.42 Å². The largest absolute Gasteiger partial charge is 0.379 e. The Morgan fingerprint density at radius 2 is 2.00 bits per heavy atom. The summed E-state index contributed by atoms with van der Waals surface area (Å²) in [5, 5.41) is 0. The van der Waals surface area contributed by atoms with E-state index >= 15 is 0 Å². The minimum absolute atomic E-state index is 0.145. The molecule has 0 heterocycles. The average molecular weight is 173 g/mol. The van der Waals surface area contributed by atoms with Gasteiger partial charge in [-0.1, -0.05) is 27.2 Å². The first-order valence-corrected chi connectivity index (χ1v) is 4.88. The van der Waals surface area contributed by atoms with Gasteiger partial charge in [0.2, 0.25) is 0 Å². The first-order chi connectivity index (χ1) is 5.52. The Labute approximate surface area is 76.5 Å². The van der Waals surface area contributed by atoms with Crippen molar-refractivity contribution < 1.29 is 4.74 Å². The third-order valence-electron chi connectivity index (χ3n) is 2.34. The molecule has 0 aliphatic heterocycles. The minimum Gasteiger partial charge on any atom is -0.379 e. The normalized spacial score (nSPS) is 18.8. The fourth-order valence-corrected chi connectivity index (χ4v) is 0.713. The van der Waals surface area contributed by atoms with Crippen molar-refractivity contribution in [2.24, 2.45) is 11.7 Å². The number of hydrogen-bond acceptors (Lipinski definition) is 2. The van der Waals surface area contributed by atoms with Gasteiger partial charge in [-0.15, -0.1) is 0 Å². The van der Waals surface area contributed by atoms with Crippen molar-refractivity contribution in [3.05, 3.63) is 0 Å². The fraction of sp³-hybridized carbons (Fsp3) is 1.00. The van der Waals surface area contributed by atoms with Crippen LogP contribution in [0.3, 0.4) is 0 Å². The lowest BCUT2D eigenvalue weighted by Gasteiger charge is -2.23. The smallest absolute Gasteiger partial charge is 0.0643 e. The van der Waals surface area contributed by atoms with Crippen LogP contribution in [0.1, 0.15) is 40.5 Å². The standard InChI is InChI=1S/C10H23NO/c1-5-9(3)7-12-8-10(4,11)6-2/h9H,5-8,11H2,1-4H3. The molecular weight excluding hydrogens is 150 g/mol. The van der Waals surface area contributed by atoms with E-state index in [4.69, 9.17) is 10.5 Å². The lowest BCUT2D eigenvalue weighted by molar-refractivity contribution is 0.0665. The molecule has 2 nitrogen and oxygen atoms in total. The Balaban J connectivity index is 3.42. The van der Waals surface area contributed by atoms with E-state index in [2.05, 4.69) is 20.8 Å². The zero-order valence-corrected chi connectivity index (χ0v) is 8.89. The van der Waals surface area contributed by atoms with Gasteiger partial charge in [0.1, 0.15) is 0 Å². The molecule has 0 aliphatic carbocycles. The third kappa shape index (κ3) is 5.56. The Kier molecular flexibility index (Phi) is 5.51. The molecule has 2 unspecified atom stereocenters. The number of ether oxygens (including phenoxy) is 1. The molecule has 2 heteroatoms. The maximum Gasteiger partial charge on any atom is 0.0643 e. The second kappa shape index (κ2) is 5.55. The van der Waals surface area contributed by atoms with Gasteiger partial charge in [0.25, 0.3) is 0 Å². The van der Waals surface area contributed by atoms with Crippen LogP contribution in [0.5, 0.6) is 0 Å². The van der Waals surface area contributed by atoms with Crippen molar-refractivity contribution in [1.29, 1.82) is 0 Å². The number of rotatable bonds is 6. The Bertz CT molecular complexity index is 112. The molecule has 74 valence electrons. The van der Waals surface area contributed by atoms with E-state index in [9.17, 15) is 0 Å². The molecule has 0 aromatic carbocycles. The Hall–Kier alpha value is -0.0800. The maximum atomic E-state index is 5.92. The Morgan fingerprint density at radius 1 is 1.42 bits per heavy atom. The topological polar surface area (TPSA) is 35.2 Å².